The maximum Gasteiger partial charge on any atom is 0.292 e. The van der Waals surface area contributed by atoms with Crippen molar-refractivity contribution in [3.8, 4) is 0 Å². The Hall–Kier alpha value is -2.50. The number of rotatable bonds is 2. The summed E-state index contributed by atoms with van der Waals surface area (Å²) in [6.07, 6.45) is 6.28. The van der Waals surface area contributed by atoms with Crippen LogP contribution in [0.5, 0.6) is 0 Å². The van der Waals surface area contributed by atoms with E-state index in [0.717, 1.165) is 11.8 Å². The minimum Gasteiger partial charge on any atom is -0.267 e. The van der Waals surface area contributed by atoms with Gasteiger partial charge in [0.1, 0.15) is 0 Å². The molecule has 0 spiro atoms. The van der Waals surface area contributed by atoms with E-state index in [1.807, 2.05) is 0 Å². The number of carbonyl (C=O) groups is 1. The van der Waals surface area contributed by atoms with E-state index in [0.29, 0.717) is 22.6 Å². The van der Waals surface area contributed by atoms with Crippen molar-refractivity contribution in [2.24, 2.45) is 28.8 Å². The van der Waals surface area contributed by atoms with Crippen molar-refractivity contribution in [1.29, 1.82) is 0 Å². The fourth-order valence-corrected chi connectivity index (χ4v) is 5.31. The van der Waals surface area contributed by atoms with Gasteiger partial charge >= 0.3 is 0 Å². The molecule has 25 heavy (non-hydrogen) atoms. The topological polar surface area (TPSA) is 87.2 Å². The summed E-state index contributed by atoms with van der Waals surface area (Å²) in [6.45, 7) is 0. The molecule has 0 saturated heterocycles. The molecule has 4 bridgehead atoms. The van der Waals surface area contributed by atoms with Gasteiger partial charge in [-0.25, -0.2) is 10.5 Å². The van der Waals surface area contributed by atoms with Gasteiger partial charge in [0.05, 0.1) is 5.39 Å². The largest absolute Gasteiger partial charge is 0.292 e. The highest BCUT2D eigenvalue weighted by atomic mass is 16.2. The quantitative estimate of drug-likeness (QED) is 0.826. The Morgan fingerprint density at radius 1 is 1.04 bits per heavy atom. The molecule has 0 atom stereocenters. The van der Waals surface area contributed by atoms with Gasteiger partial charge in [-0.2, -0.15) is 10.2 Å². The molecule has 0 unspecified atom stereocenters. The second kappa shape index (κ2) is 5.51. The number of nitrogens with one attached hydrogen (secondary N) is 2. The van der Waals surface area contributed by atoms with Crippen LogP contribution in [0.3, 0.4) is 0 Å². The van der Waals surface area contributed by atoms with Crippen molar-refractivity contribution < 1.29 is 4.79 Å². The van der Waals surface area contributed by atoms with Gasteiger partial charge in [0, 0.05) is 11.1 Å². The lowest BCUT2D eigenvalue weighted by Crippen LogP contribution is -2.46. The lowest BCUT2D eigenvalue weighted by molar-refractivity contribution is 0.0938. The number of aromatic amines is 1. The molecule has 0 radical (unpaired) electrons. The summed E-state index contributed by atoms with van der Waals surface area (Å²) < 4.78 is 0. The summed E-state index contributed by atoms with van der Waals surface area (Å²) in [4.78, 5) is 24.5. The van der Waals surface area contributed by atoms with Crippen molar-refractivity contribution in [2.75, 3.05) is 0 Å². The van der Waals surface area contributed by atoms with Crippen LogP contribution in [0.25, 0.3) is 10.8 Å². The molecule has 1 heterocycles. The van der Waals surface area contributed by atoms with Crippen LogP contribution in [0, 0.1) is 23.7 Å². The molecule has 4 fully saturated rings. The number of hydrogen-bond acceptors (Lipinski definition) is 4. The Bertz CT molecular complexity index is 916. The number of nitrogens with zero attached hydrogens (tertiary/aromatic N) is 2. The van der Waals surface area contributed by atoms with Crippen molar-refractivity contribution >= 4 is 22.4 Å². The molecule has 4 aliphatic carbocycles. The van der Waals surface area contributed by atoms with Crippen LogP contribution in [-0.4, -0.2) is 21.8 Å². The molecule has 2 N–H and O–H groups in total. The summed E-state index contributed by atoms with van der Waals surface area (Å²) >= 11 is 0. The average Bonchev–Trinajstić information content (AvgIpc) is 2.61. The molecule has 6 nitrogen and oxygen atoms in total. The second-order valence-corrected chi connectivity index (χ2v) is 7.73. The smallest absolute Gasteiger partial charge is 0.267 e. The highest BCUT2D eigenvalue weighted by Crippen LogP contribution is 2.52. The number of benzene rings is 1. The first-order chi connectivity index (χ1) is 12.2. The Morgan fingerprint density at radius 2 is 1.68 bits per heavy atom. The van der Waals surface area contributed by atoms with Gasteiger partial charge in [0.2, 0.25) is 0 Å². The number of H-pyrrole nitrogens is 1. The number of carbonyl (C=O) groups excluding carboxylic acids is 1. The molecule has 1 aromatic heterocycles. The third-order valence-corrected chi connectivity index (χ3v) is 6.17. The molecule has 4 aliphatic rings. The van der Waals surface area contributed by atoms with Crippen molar-refractivity contribution in [3.63, 3.8) is 0 Å². The number of hydrogen-bond donors (Lipinski definition) is 2. The Labute approximate surface area is 144 Å². The van der Waals surface area contributed by atoms with E-state index in [1.54, 1.807) is 24.3 Å². The van der Waals surface area contributed by atoms with Crippen LogP contribution in [0.4, 0.5) is 0 Å². The Kier molecular flexibility index (Phi) is 3.26. The van der Waals surface area contributed by atoms with E-state index in [2.05, 4.69) is 20.7 Å². The third kappa shape index (κ3) is 2.39. The van der Waals surface area contributed by atoms with E-state index in [-0.39, 0.29) is 17.2 Å². The van der Waals surface area contributed by atoms with Crippen molar-refractivity contribution in [2.45, 2.75) is 32.1 Å². The minimum absolute atomic E-state index is 0.211. The summed E-state index contributed by atoms with van der Waals surface area (Å²) in [5, 5.41) is 11.9. The van der Waals surface area contributed by atoms with Gasteiger partial charge in [-0.3, -0.25) is 9.59 Å². The van der Waals surface area contributed by atoms with E-state index < -0.39 is 0 Å². The lowest BCUT2D eigenvalue weighted by Gasteiger charge is -2.50. The van der Waals surface area contributed by atoms with Crippen molar-refractivity contribution in [3.05, 3.63) is 40.3 Å². The molecule has 1 aromatic carbocycles. The molecule has 0 aliphatic heterocycles. The molecule has 128 valence electrons. The monoisotopic (exact) mass is 336 g/mol. The van der Waals surface area contributed by atoms with Crippen LogP contribution >= 0.6 is 0 Å². The van der Waals surface area contributed by atoms with Gasteiger partial charge in [-0.05, 0) is 61.8 Å². The Morgan fingerprint density at radius 3 is 2.36 bits per heavy atom. The van der Waals surface area contributed by atoms with E-state index in [1.165, 1.54) is 37.8 Å². The number of hydrazone groups is 1. The van der Waals surface area contributed by atoms with E-state index >= 15 is 0 Å². The maximum absolute atomic E-state index is 12.6. The highest BCUT2D eigenvalue weighted by molar-refractivity contribution is 6.05. The Balaban J connectivity index is 1.43. The summed E-state index contributed by atoms with van der Waals surface area (Å²) in [5.74, 6) is 2.44. The van der Waals surface area contributed by atoms with Crippen LogP contribution in [0.1, 0.15) is 42.6 Å². The van der Waals surface area contributed by atoms with Crippen molar-refractivity contribution in [1.82, 2.24) is 15.6 Å². The predicted molar refractivity (Wildman–Crippen MR) is 94.3 cm³/mol. The molecule has 1 amide bonds. The fourth-order valence-electron chi connectivity index (χ4n) is 5.31. The second-order valence-electron chi connectivity index (χ2n) is 7.73. The first-order valence-electron chi connectivity index (χ1n) is 9.04. The highest BCUT2D eigenvalue weighted by Gasteiger charge is 2.46. The first-order valence-corrected chi connectivity index (χ1v) is 9.04. The lowest BCUT2D eigenvalue weighted by atomic mass is 9.55. The SMILES string of the molecule is O=C(NN=C1C2CC3CC(C2)CC1C3)c1n[nH]c(=O)c2ccccc12. The van der Waals surface area contributed by atoms with Crippen LogP contribution in [0.15, 0.2) is 34.2 Å². The van der Waals surface area contributed by atoms with Gasteiger partial charge in [-0.15, -0.1) is 0 Å². The van der Waals surface area contributed by atoms with E-state index in [9.17, 15) is 9.59 Å². The van der Waals surface area contributed by atoms with Gasteiger partial charge in [-0.1, -0.05) is 18.2 Å². The average molecular weight is 336 g/mol. The molecule has 4 saturated carbocycles. The van der Waals surface area contributed by atoms with Crippen LogP contribution < -0.4 is 11.0 Å². The zero-order valence-corrected chi connectivity index (χ0v) is 13.9. The number of amides is 1. The van der Waals surface area contributed by atoms with Crippen LogP contribution in [-0.2, 0) is 0 Å². The molecule has 6 heteroatoms. The first kappa shape index (κ1) is 14.8. The third-order valence-electron chi connectivity index (χ3n) is 6.17. The fraction of sp³-hybridized carbons (Fsp3) is 0.474. The predicted octanol–water partition coefficient (Wildman–Crippen LogP) is 2.47. The summed E-state index contributed by atoms with van der Waals surface area (Å²) in [6, 6.07) is 7.00. The van der Waals surface area contributed by atoms with Gasteiger partial charge < -0.3 is 0 Å². The van der Waals surface area contributed by atoms with Crippen LogP contribution in [0.2, 0.25) is 0 Å². The molecule has 6 rings (SSSR count). The maximum atomic E-state index is 12.6. The summed E-state index contributed by atoms with van der Waals surface area (Å²) in [5.41, 5.74) is 3.80. The van der Waals surface area contributed by atoms with E-state index in [4.69, 9.17) is 0 Å². The zero-order chi connectivity index (χ0) is 17.0. The van der Waals surface area contributed by atoms with Gasteiger partial charge in [0.25, 0.3) is 11.5 Å². The number of fused-ring (bicyclic) bond motifs is 1. The standard InChI is InChI=1S/C19H20N4O2/c24-18-15-4-2-1-3-14(15)17(21-22-18)19(25)23-20-16-12-6-10-5-11(8-12)9-13(16)7-10/h1-4,10-13H,5-9H2,(H,22,24)(H,23,25). The number of aromatic nitrogens is 2. The minimum atomic E-state index is -0.367. The molecular weight excluding hydrogens is 316 g/mol. The zero-order valence-electron chi connectivity index (χ0n) is 13.9. The normalized spacial score (nSPS) is 29.8. The molecule has 2 aromatic rings. The van der Waals surface area contributed by atoms with Gasteiger partial charge in [0.15, 0.2) is 5.69 Å². The summed E-state index contributed by atoms with van der Waals surface area (Å²) in [7, 11) is 0. The molecular formula is C19H20N4O2.